The van der Waals surface area contributed by atoms with Crippen molar-refractivity contribution in [1.29, 1.82) is 0 Å². The average molecular weight is 418 g/mol. The Morgan fingerprint density at radius 3 is 1.76 bits per heavy atom. The number of rotatable bonds is 12. The molecule has 0 aromatic carbocycles. The van der Waals surface area contributed by atoms with Crippen molar-refractivity contribution in [2.75, 3.05) is 0 Å². The summed E-state index contributed by atoms with van der Waals surface area (Å²) in [5.74, 6) is -5.31. The van der Waals surface area contributed by atoms with Crippen LogP contribution in [0.4, 0.5) is 0 Å². The minimum Gasteiger partial charge on any atom is -0.481 e. The van der Waals surface area contributed by atoms with Gasteiger partial charge in [-0.3, -0.25) is 19.2 Å². The molecule has 0 bridgehead atoms. The van der Waals surface area contributed by atoms with E-state index in [0.29, 0.717) is 0 Å². The zero-order valence-corrected chi connectivity index (χ0v) is 16.8. The molecule has 166 valence electrons. The Bertz CT molecular complexity index is 623. The summed E-state index contributed by atoms with van der Waals surface area (Å²) in [5.41, 5.74) is 5.55. The summed E-state index contributed by atoms with van der Waals surface area (Å²) in [6.07, 6.45) is -1.75. The lowest BCUT2D eigenvalue weighted by atomic mass is 10.0. The zero-order valence-electron chi connectivity index (χ0n) is 16.8. The van der Waals surface area contributed by atoms with Crippen molar-refractivity contribution in [2.24, 2.45) is 11.7 Å². The third-order valence-corrected chi connectivity index (χ3v) is 3.91. The van der Waals surface area contributed by atoms with Gasteiger partial charge < -0.3 is 37.0 Å². The van der Waals surface area contributed by atoms with Gasteiger partial charge in [-0.05, 0) is 26.2 Å². The van der Waals surface area contributed by atoms with Crippen molar-refractivity contribution in [1.82, 2.24) is 16.0 Å². The average Bonchev–Trinajstić information content (AvgIpc) is 2.58. The molecule has 0 aliphatic carbocycles. The van der Waals surface area contributed by atoms with Gasteiger partial charge in [0.05, 0.1) is 12.5 Å². The SMILES string of the molecule is CC(C)CC(NC(=O)C(N)C(C)O)C(=O)NC(C)C(=O)NC(CC(=O)O)C(=O)O. The van der Waals surface area contributed by atoms with Crippen LogP contribution in [0, 0.1) is 5.92 Å². The summed E-state index contributed by atoms with van der Waals surface area (Å²) >= 11 is 0. The molecule has 0 saturated carbocycles. The van der Waals surface area contributed by atoms with Crippen LogP contribution in [-0.4, -0.2) is 75.3 Å². The maximum atomic E-state index is 12.5. The van der Waals surface area contributed by atoms with E-state index in [0.717, 1.165) is 0 Å². The summed E-state index contributed by atoms with van der Waals surface area (Å²) in [7, 11) is 0. The van der Waals surface area contributed by atoms with Crippen LogP contribution in [0.2, 0.25) is 0 Å². The second kappa shape index (κ2) is 12.0. The van der Waals surface area contributed by atoms with E-state index in [9.17, 15) is 29.1 Å². The van der Waals surface area contributed by atoms with Gasteiger partial charge in [0.1, 0.15) is 24.2 Å². The monoisotopic (exact) mass is 418 g/mol. The quantitative estimate of drug-likeness (QED) is 0.183. The molecule has 0 radical (unpaired) electrons. The lowest BCUT2D eigenvalue weighted by molar-refractivity contribution is -0.147. The fourth-order valence-corrected chi connectivity index (χ4v) is 2.24. The maximum Gasteiger partial charge on any atom is 0.326 e. The number of carboxylic acids is 2. The number of carboxylic acid groups (broad SMARTS) is 2. The van der Waals surface area contributed by atoms with Crippen molar-refractivity contribution in [2.45, 2.75) is 70.8 Å². The molecule has 8 N–H and O–H groups in total. The van der Waals surface area contributed by atoms with Crippen molar-refractivity contribution >= 4 is 29.7 Å². The van der Waals surface area contributed by atoms with E-state index in [1.807, 2.05) is 5.32 Å². The number of amides is 3. The minimum absolute atomic E-state index is 0.00934. The molecule has 12 nitrogen and oxygen atoms in total. The van der Waals surface area contributed by atoms with Crippen molar-refractivity contribution in [3.8, 4) is 0 Å². The number of hydrogen-bond acceptors (Lipinski definition) is 7. The first-order chi connectivity index (χ1) is 13.3. The van der Waals surface area contributed by atoms with Crippen LogP contribution in [0.15, 0.2) is 0 Å². The second-order valence-corrected chi connectivity index (χ2v) is 7.18. The molecular weight excluding hydrogens is 388 g/mol. The molecule has 0 aliphatic rings. The highest BCUT2D eigenvalue weighted by Gasteiger charge is 2.30. The molecule has 3 amide bonds. The molecule has 0 fully saturated rings. The Labute approximate surface area is 168 Å². The van der Waals surface area contributed by atoms with Crippen molar-refractivity contribution < 1.29 is 39.3 Å². The number of hydrogen-bond donors (Lipinski definition) is 7. The van der Waals surface area contributed by atoms with Gasteiger partial charge in [-0.15, -0.1) is 0 Å². The molecule has 0 aliphatic heterocycles. The van der Waals surface area contributed by atoms with Gasteiger partial charge in [-0.25, -0.2) is 4.79 Å². The van der Waals surface area contributed by atoms with Crippen LogP contribution in [0.5, 0.6) is 0 Å². The zero-order chi connectivity index (χ0) is 22.9. The predicted molar refractivity (Wildman–Crippen MR) is 100 cm³/mol. The highest BCUT2D eigenvalue weighted by Crippen LogP contribution is 2.06. The number of aliphatic hydroxyl groups is 1. The summed E-state index contributed by atoms with van der Waals surface area (Å²) in [4.78, 5) is 58.4. The summed E-state index contributed by atoms with van der Waals surface area (Å²) in [6.45, 7) is 6.22. The van der Waals surface area contributed by atoms with E-state index in [1.54, 1.807) is 13.8 Å². The molecule has 5 atom stereocenters. The number of carbonyl (C=O) groups excluding carboxylic acids is 3. The van der Waals surface area contributed by atoms with Gasteiger partial charge in [-0.1, -0.05) is 13.8 Å². The number of nitrogens with one attached hydrogen (secondary N) is 3. The minimum atomic E-state index is -1.66. The molecule has 0 saturated heterocycles. The first-order valence-corrected chi connectivity index (χ1v) is 9.05. The van der Waals surface area contributed by atoms with Crippen LogP contribution in [0.1, 0.15) is 40.5 Å². The number of carbonyl (C=O) groups is 5. The molecule has 0 aromatic heterocycles. The first-order valence-electron chi connectivity index (χ1n) is 9.05. The van der Waals surface area contributed by atoms with Crippen LogP contribution in [0.25, 0.3) is 0 Å². The van der Waals surface area contributed by atoms with Crippen LogP contribution < -0.4 is 21.7 Å². The first kappa shape index (κ1) is 26.3. The third-order valence-electron chi connectivity index (χ3n) is 3.91. The fraction of sp³-hybridized carbons (Fsp3) is 0.706. The Kier molecular flexibility index (Phi) is 10.8. The molecule has 0 aromatic rings. The van der Waals surface area contributed by atoms with Crippen molar-refractivity contribution in [3.63, 3.8) is 0 Å². The van der Waals surface area contributed by atoms with Gasteiger partial charge in [0.25, 0.3) is 0 Å². The summed E-state index contributed by atoms with van der Waals surface area (Å²) in [6, 6.07) is -5.15. The molecule has 5 unspecified atom stereocenters. The normalized spacial score (nSPS) is 16.1. The van der Waals surface area contributed by atoms with E-state index in [-0.39, 0.29) is 12.3 Å². The lowest BCUT2D eigenvalue weighted by Gasteiger charge is -2.25. The van der Waals surface area contributed by atoms with Crippen LogP contribution in [0.3, 0.4) is 0 Å². The van der Waals surface area contributed by atoms with E-state index in [2.05, 4.69) is 10.6 Å². The van der Waals surface area contributed by atoms with Gasteiger partial charge in [0.2, 0.25) is 17.7 Å². The van der Waals surface area contributed by atoms with E-state index >= 15 is 0 Å². The smallest absolute Gasteiger partial charge is 0.326 e. The van der Waals surface area contributed by atoms with Gasteiger partial charge in [0.15, 0.2) is 0 Å². The predicted octanol–water partition coefficient (Wildman–Crippen LogP) is -2.23. The van der Waals surface area contributed by atoms with Crippen LogP contribution >= 0.6 is 0 Å². The number of nitrogens with two attached hydrogens (primary N) is 1. The molecular formula is C17H30N4O8. The van der Waals surface area contributed by atoms with Gasteiger partial charge >= 0.3 is 11.9 Å². The molecule has 12 heteroatoms. The lowest BCUT2D eigenvalue weighted by Crippen LogP contribution is -2.57. The van der Waals surface area contributed by atoms with Gasteiger partial charge in [-0.2, -0.15) is 0 Å². The summed E-state index contributed by atoms with van der Waals surface area (Å²) < 4.78 is 0. The molecule has 29 heavy (non-hydrogen) atoms. The topological polar surface area (TPSA) is 208 Å². The summed E-state index contributed by atoms with van der Waals surface area (Å²) in [5, 5.41) is 33.9. The second-order valence-electron chi connectivity index (χ2n) is 7.18. The fourth-order valence-electron chi connectivity index (χ4n) is 2.24. The Balaban J connectivity index is 5.09. The van der Waals surface area contributed by atoms with Crippen molar-refractivity contribution in [3.05, 3.63) is 0 Å². The number of aliphatic hydroxyl groups excluding tert-OH is 1. The molecule has 0 rings (SSSR count). The standard InChI is InChI=1S/C17H30N4O8/c1-7(2)5-10(20-16(27)13(18)9(4)22)15(26)19-8(3)14(25)21-11(17(28)29)6-12(23)24/h7-11,13,22H,5-6,18H2,1-4H3,(H,19,26)(H,20,27)(H,21,25)(H,23,24)(H,28,29). The van der Waals surface area contributed by atoms with E-state index in [4.69, 9.17) is 15.9 Å². The largest absolute Gasteiger partial charge is 0.481 e. The maximum absolute atomic E-state index is 12.5. The highest BCUT2D eigenvalue weighted by molar-refractivity contribution is 5.94. The third kappa shape index (κ3) is 9.85. The van der Waals surface area contributed by atoms with Crippen LogP contribution in [-0.2, 0) is 24.0 Å². The Morgan fingerprint density at radius 1 is 0.828 bits per heavy atom. The molecule has 0 heterocycles. The molecule has 0 spiro atoms. The van der Waals surface area contributed by atoms with E-state index < -0.39 is 66.4 Å². The van der Waals surface area contributed by atoms with E-state index in [1.165, 1.54) is 13.8 Å². The number of aliphatic carboxylic acids is 2. The Morgan fingerprint density at radius 2 is 1.34 bits per heavy atom. The van der Waals surface area contributed by atoms with Gasteiger partial charge in [0, 0.05) is 0 Å². The highest BCUT2D eigenvalue weighted by atomic mass is 16.4. The Hall–Kier alpha value is -2.73.